The fourth-order valence-electron chi connectivity index (χ4n) is 1.32. The van der Waals surface area contributed by atoms with Gasteiger partial charge in [-0.25, -0.2) is 0 Å². The van der Waals surface area contributed by atoms with E-state index in [9.17, 15) is 4.79 Å². The number of hydrogen-bond acceptors (Lipinski definition) is 1. The molecule has 1 atom stereocenters. The molecule has 0 aromatic heterocycles. The number of rotatable bonds is 1. The van der Waals surface area contributed by atoms with Gasteiger partial charge in [-0.05, 0) is 0 Å². The van der Waals surface area contributed by atoms with Gasteiger partial charge in [0.25, 0.3) is 0 Å². The molecule has 12 heavy (non-hydrogen) atoms. The third kappa shape index (κ3) is 1.22. The zero-order valence-corrected chi connectivity index (χ0v) is 8.48. The summed E-state index contributed by atoms with van der Waals surface area (Å²) in [7, 11) is 0. The number of carboxylic acid groups (broad SMARTS) is 1. The first-order valence-corrected chi connectivity index (χ1v) is 6.30. The molecule has 1 aliphatic rings. The van der Waals surface area contributed by atoms with Crippen molar-refractivity contribution in [2.45, 2.75) is 5.92 Å². The van der Waals surface area contributed by atoms with Crippen LogP contribution < -0.4 is 21.2 Å². The summed E-state index contributed by atoms with van der Waals surface area (Å²) in [6.45, 7) is 0. The van der Waals surface area contributed by atoms with Gasteiger partial charge in [-0.15, -0.1) is 0 Å². The summed E-state index contributed by atoms with van der Waals surface area (Å²) in [6.07, 6.45) is 0. The van der Waals surface area contributed by atoms with Gasteiger partial charge in [0.1, 0.15) is 0 Å². The molecule has 0 spiro atoms. The molecule has 0 amide bonds. The topological polar surface area (TPSA) is 37.3 Å². The van der Waals surface area contributed by atoms with Crippen LogP contribution in [0.2, 0.25) is 0 Å². The fraction of sp³-hybridized carbons (Fsp3) is 0.222. The van der Waals surface area contributed by atoms with Crippen molar-refractivity contribution in [1.29, 1.82) is 0 Å². The van der Waals surface area contributed by atoms with Gasteiger partial charge in [-0.3, -0.25) is 0 Å². The molecule has 0 bridgehead atoms. The Hall–Kier alpha value is -0.580. The Bertz CT molecular complexity index is 322. The summed E-state index contributed by atoms with van der Waals surface area (Å²) >= 11 is -0.0321. The van der Waals surface area contributed by atoms with Crippen LogP contribution in [0, 0.1) is 3.57 Å². The quantitative estimate of drug-likeness (QED) is 0.481. The summed E-state index contributed by atoms with van der Waals surface area (Å²) in [5, 5.41) is 8.88. The molecule has 3 heteroatoms. The van der Waals surface area contributed by atoms with E-state index in [1.807, 2.05) is 18.2 Å². The second-order valence-electron chi connectivity index (χ2n) is 2.70. The van der Waals surface area contributed by atoms with Crippen molar-refractivity contribution < 1.29 is 31.1 Å². The molecule has 0 fully saturated rings. The zero-order chi connectivity index (χ0) is 8.55. The first-order valence-electron chi connectivity index (χ1n) is 3.70. The van der Waals surface area contributed by atoms with Gasteiger partial charge in [-0.1, -0.05) is 0 Å². The van der Waals surface area contributed by atoms with Crippen molar-refractivity contribution in [2.24, 2.45) is 0 Å². The van der Waals surface area contributed by atoms with Crippen LogP contribution in [0.25, 0.3) is 0 Å². The molecule has 1 aliphatic heterocycles. The second-order valence-corrected chi connectivity index (χ2v) is 5.51. The van der Waals surface area contributed by atoms with E-state index in [0.717, 1.165) is 9.99 Å². The first kappa shape index (κ1) is 8.04. The molecule has 2 rings (SSSR count). The average molecular weight is 275 g/mol. The van der Waals surface area contributed by atoms with E-state index < -0.39 is 5.97 Å². The van der Waals surface area contributed by atoms with E-state index in [1.54, 1.807) is 0 Å². The normalized spacial score (nSPS) is 21.2. The molecule has 1 heterocycles. The molecule has 1 aromatic carbocycles. The van der Waals surface area contributed by atoms with Crippen LogP contribution in [-0.2, 0) is 4.79 Å². The van der Waals surface area contributed by atoms with Crippen LogP contribution in [0.3, 0.4) is 0 Å². The minimum atomic E-state index is -0.667. The molecule has 0 aliphatic carbocycles. The van der Waals surface area contributed by atoms with Gasteiger partial charge >= 0.3 is 80.8 Å². The van der Waals surface area contributed by atoms with Crippen LogP contribution in [0.1, 0.15) is 11.5 Å². The number of hydrogen-bond donors (Lipinski definition) is 1. The maximum absolute atomic E-state index is 10.8. The van der Waals surface area contributed by atoms with Crippen LogP contribution in [0.15, 0.2) is 24.3 Å². The third-order valence-corrected chi connectivity index (χ3v) is 5.08. The number of fused-ring (bicyclic) bond motifs is 1. The summed E-state index contributed by atoms with van der Waals surface area (Å²) in [4.78, 5) is 10.8. The molecule has 1 unspecified atom stereocenters. The van der Waals surface area contributed by atoms with Gasteiger partial charge in [0, 0.05) is 0 Å². The molecule has 2 nitrogen and oxygen atoms in total. The monoisotopic (exact) mass is 275 g/mol. The SMILES string of the molecule is O=C(O)C1C[I-]c2ccccc21. The van der Waals surface area contributed by atoms with Gasteiger partial charge in [0.2, 0.25) is 0 Å². The van der Waals surface area contributed by atoms with E-state index in [4.69, 9.17) is 5.11 Å². The van der Waals surface area contributed by atoms with Crippen LogP contribution in [0.4, 0.5) is 0 Å². The summed E-state index contributed by atoms with van der Waals surface area (Å²) in [5.41, 5.74) is 1.05. The Morgan fingerprint density at radius 3 is 3.00 bits per heavy atom. The molecule has 64 valence electrons. The Morgan fingerprint density at radius 1 is 1.50 bits per heavy atom. The third-order valence-electron chi connectivity index (χ3n) is 1.95. The summed E-state index contributed by atoms with van der Waals surface area (Å²) in [6, 6.07) is 7.92. The molecule has 0 saturated heterocycles. The average Bonchev–Trinajstić information content (AvgIpc) is 2.47. The Kier molecular flexibility index (Phi) is 2.04. The standard InChI is InChI=1S/C9H8IO2/c11-9(12)7-5-10-8-4-2-1-3-6(7)8/h1-4,7H,5H2,(H,11,12)/q-1. The number of benzene rings is 1. The predicted molar refractivity (Wildman–Crippen MR) is 40.4 cm³/mol. The van der Waals surface area contributed by atoms with Crippen molar-refractivity contribution in [3.05, 3.63) is 33.4 Å². The van der Waals surface area contributed by atoms with Gasteiger partial charge in [0.05, 0.1) is 0 Å². The van der Waals surface area contributed by atoms with Gasteiger partial charge in [0.15, 0.2) is 0 Å². The Balaban J connectivity index is 2.42. The number of halogens is 1. The van der Waals surface area contributed by atoms with Crippen molar-refractivity contribution in [2.75, 3.05) is 4.43 Å². The Morgan fingerprint density at radius 2 is 2.25 bits per heavy atom. The van der Waals surface area contributed by atoms with Crippen molar-refractivity contribution >= 4 is 5.97 Å². The fourth-order valence-corrected chi connectivity index (χ4v) is 4.55. The van der Waals surface area contributed by atoms with Crippen LogP contribution in [0.5, 0.6) is 0 Å². The van der Waals surface area contributed by atoms with Gasteiger partial charge < -0.3 is 0 Å². The first-order chi connectivity index (χ1) is 5.79. The van der Waals surface area contributed by atoms with E-state index in [0.29, 0.717) is 0 Å². The molecule has 0 saturated carbocycles. The number of carboxylic acids is 1. The van der Waals surface area contributed by atoms with Crippen molar-refractivity contribution in [3.63, 3.8) is 0 Å². The van der Waals surface area contributed by atoms with E-state index in [1.165, 1.54) is 3.57 Å². The van der Waals surface area contributed by atoms with E-state index in [-0.39, 0.29) is 27.1 Å². The van der Waals surface area contributed by atoms with E-state index in [2.05, 4.69) is 6.07 Å². The Labute approximate surface area is 80.9 Å². The number of alkyl halides is 1. The molecule has 0 radical (unpaired) electrons. The molecular formula is C9H8IO2-. The predicted octanol–water partition coefficient (Wildman–Crippen LogP) is -1.87. The zero-order valence-electron chi connectivity index (χ0n) is 6.33. The van der Waals surface area contributed by atoms with E-state index >= 15 is 0 Å². The van der Waals surface area contributed by atoms with Crippen LogP contribution >= 0.6 is 0 Å². The van der Waals surface area contributed by atoms with Crippen LogP contribution in [-0.4, -0.2) is 15.5 Å². The molecule has 1 N–H and O–H groups in total. The molecule has 1 aromatic rings. The molecular weight excluding hydrogens is 267 g/mol. The van der Waals surface area contributed by atoms with Crippen molar-refractivity contribution in [1.82, 2.24) is 0 Å². The summed E-state index contributed by atoms with van der Waals surface area (Å²) in [5.74, 6) is -0.881. The minimum absolute atomic E-state index is 0.0321. The number of aliphatic carboxylic acids is 1. The maximum atomic E-state index is 10.8. The second kappa shape index (κ2) is 3.05. The summed E-state index contributed by atoms with van der Waals surface area (Å²) < 4.78 is 2.18. The van der Waals surface area contributed by atoms with Gasteiger partial charge in [-0.2, -0.15) is 0 Å². The van der Waals surface area contributed by atoms with Crippen molar-refractivity contribution in [3.8, 4) is 0 Å². The number of carbonyl (C=O) groups is 1.